The average molecular weight is 364 g/mol. The summed E-state index contributed by atoms with van der Waals surface area (Å²) in [7, 11) is 0. The summed E-state index contributed by atoms with van der Waals surface area (Å²) in [4.78, 5) is 37.2. The lowest BCUT2D eigenvalue weighted by Crippen LogP contribution is -2.09. The molecule has 0 spiro atoms. The zero-order valence-corrected chi connectivity index (χ0v) is 13.3. The van der Waals surface area contributed by atoms with Gasteiger partial charge in [0.2, 0.25) is 0 Å². The monoisotopic (exact) mass is 363 g/mol. The Labute approximate surface area is 145 Å². The lowest BCUT2D eigenvalue weighted by molar-refractivity contribution is 0.0733. The van der Waals surface area contributed by atoms with Gasteiger partial charge < -0.3 is 4.74 Å². The van der Waals surface area contributed by atoms with Crippen LogP contribution in [0.1, 0.15) is 31.1 Å². The Hall–Kier alpha value is -2.86. The Balaban J connectivity index is 2.29. The summed E-state index contributed by atoms with van der Waals surface area (Å²) in [5.41, 5.74) is 8.76. The third-order valence-electron chi connectivity index (χ3n) is 2.83. The van der Waals surface area contributed by atoms with Crippen molar-refractivity contribution in [2.45, 2.75) is 0 Å². The van der Waals surface area contributed by atoms with Gasteiger partial charge in [0.15, 0.2) is 0 Å². The van der Waals surface area contributed by atoms with E-state index in [9.17, 15) is 14.4 Å². The molecule has 0 saturated carbocycles. The predicted octanol–water partition coefficient (Wildman–Crippen LogP) is 4.61. The first-order valence-corrected chi connectivity index (χ1v) is 7.08. The zero-order chi connectivity index (χ0) is 17.7. The molecule has 0 atom stereocenters. The Morgan fingerprint density at radius 3 is 1.92 bits per heavy atom. The summed E-state index contributed by atoms with van der Waals surface area (Å²) < 4.78 is 5.12. The molecule has 0 saturated heterocycles. The second-order valence-corrected chi connectivity index (χ2v) is 5.11. The van der Waals surface area contributed by atoms with Crippen LogP contribution in [0.5, 0.6) is 5.75 Å². The number of carbonyl (C=O) groups is 3. The molecule has 0 amide bonds. The SMILES string of the molecule is [N-]=[N+]=Nc1ccc(C(=O)Oc2cc(C(=O)Cl)cc(C(=O)Cl)c2)cc1. The molecule has 0 bridgehead atoms. The second kappa shape index (κ2) is 7.61. The van der Waals surface area contributed by atoms with Gasteiger partial charge in [-0.05, 0) is 59.1 Å². The van der Waals surface area contributed by atoms with Crippen LogP contribution in [0.4, 0.5) is 5.69 Å². The molecule has 0 N–H and O–H groups in total. The summed E-state index contributed by atoms with van der Waals surface area (Å²) in [5.74, 6) is -0.802. The van der Waals surface area contributed by atoms with E-state index in [1.165, 1.54) is 42.5 Å². The smallest absolute Gasteiger partial charge is 0.343 e. The first-order chi connectivity index (χ1) is 11.4. The molecule has 2 aromatic carbocycles. The van der Waals surface area contributed by atoms with E-state index in [1.54, 1.807) is 0 Å². The summed E-state index contributed by atoms with van der Waals surface area (Å²) in [6, 6.07) is 9.28. The molecule has 0 fully saturated rings. The number of hydrogen-bond acceptors (Lipinski definition) is 5. The fourth-order valence-electron chi connectivity index (χ4n) is 1.77. The van der Waals surface area contributed by atoms with Crippen molar-refractivity contribution in [2.24, 2.45) is 5.11 Å². The van der Waals surface area contributed by atoms with Gasteiger partial charge in [0.25, 0.3) is 10.5 Å². The number of azide groups is 1. The minimum absolute atomic E-state index is 0.0373. The maximum absolute atomic E-state index is 12.1. The number of nitrogens with zero attached hydrogens (tertiary/aromatic N) is 3. The maximum Gasteiger partial charge on any atom is 0.343 e. The van der Waals surface area contributed by atoms with Gasteiger partial charge >= 0.3 is 5.97 Å². The van der Waals surface area contributed by atoms with E-state index in [4.69, 9.17) is 33.5 Å². The first-order valence-electron chi connectivity index (χ1n) is 6.33. The van der Waals surface area contributed by atoms with Crippen molar-refractivity contribution >= 4 is 45.3 Å². The van der Waals surface area contributed by atoms with E-state index < -0.39 is 16.5 Å². The van der Waals surface area contributed by atoms with Crippen molar-refractivity contribution in [3.8, 4) is 5.75 Å². The highest BCUT2D eigenvalue weighted by molar-refractivity contribution is 6.69. The minimum atomic E-state index is -0.828. The van der Waals surface area contributed by atoms with Gasteiger partial charge in [0, 0.05) is 21.7 Å². The summed E-state index contributed by atoms with van der Waals surface area (Å²) in [5, 5.41) is 1.72. The summed E-state index contributed by atoms with van der Waals surface area (Å²) in [6.07, 6.45) is 0. The van der Waals surface area contributed by atoms with E-state index >= 15 is 0 Å². The van der Waals surface area contributed by atoms with Crippen LogP contribution in [-0.4, -0.2) is 16.5 Å². The van der Waals surface area contributed by atoms with Gasteiger partial charge in [-0.3, -0.25) is 9.59 Å². The lowest BCUT2D eigenvalue weighted by Gasteiger charge is -2.07. The van der Waals surface area contributed by atoms with Crippen LogP contribution < -0.4 is 4.74 Å². The molecule has 0 aliphatic rings. The number of ether oxygens (including phenoxy) is 1. The van der Waals surface area contributed by atoms with Gasteiger partial charge in [0.05, 0.1) is 5.56 Å². The Morgan fingerprint density at radius 2 is 1.46 bits per heavy atom. The number of carbonyl (C=O) groups excluding carboxylic acids is 3. The van der Waals surface area contributed by atoms with E-state index in [2.05, 4.69) is 10.0 Å². The van der Waals surface area contributed by atoms with E-state index in [1.807, 2.05) is 0 Å². The molecule has 0 unspecified atom stereocenters. The van der Waals surface area contributed by atoms with Crippen molar-refractivity contribution in [1.29, 1.82) is 0 Å². The largest absolute Gasteiger partial charge is 0.423 e. The van der Waals surface area contributed by atoms with Crippen LogP contribution in [0.25, 0.3) is 10.4 Å². The average Bonchev–Trinajstić information content (AvgIpc) is 2.55. The van der Waals surface area contributed by atoms with E-state index in [0.717, 1.165) is 0 Å². The number of benzene rings is 2. The molecule has 0 aliphatic carbocycles. The number of esters is 1. The third kappa shape index (κ3) is 4.33. The highest BCUT2D eigenvalue weighted by atomic mass is 35.5. The van der Waals surface area contributed by atoms with Crippen molar-refractivity contribution in [2.75, 3.05) is 0 Å². The molecule has 24 heavy (non-hydrogen) atoms. The summed E-state index contributed by atoms with van der Waals surface area (Å²) in [6.45, 7) is 0. The molecule has 0 heterocycles. The van der Waals surface area contributed by atoms with Crippen LogP contribution in [0.2, 0.25) is 0 Å². The standard InChI is InChI=1S/C15H7Cl2N3O4/c16-13(21)9-5-10(14(17)22)7-12(6-9)24-15(23)8-1-3-11(4-2-8)19-20-18/h1-7H. The molecule has 2 aromatic rings. The molecular weight excluding hydrogens is 357 g/mol. The maximum atomic E-state index is 12.1. The molecule has 0 radical (unpaired) electrons. The van der Waals surface area contributed by atoms with E-state index in [0.29, 0.717) is 5.69 Å². The van der Waals surface area contributed by atoms with Crippen LogP contribution in [0.3, 0.4) is 0 Å². The van der Waals surface area contributed by atoms with Crippen LogP contribution in [-0.2, 0) is 0 Å². The zero-order valence-electron chi connectivity index (χ0n) is 11.8. The molecule has 0 aromatic heterocycles. The van der Waals surface area contributed by atoms with Gasteiger partial charge in [-0.1, -0.05) is 17.2 Å². The Morgan fingerprint density at radius 1 is 0.917 bits per heavy atom. The quantitative estimate of drug-likeness (QED) is 0.193. The van der Waals surface area contributed by atoms with Crippen LogP contribution in [0.15, 0.2) is 47.6 Å². The van der Waals surface area contributed by atoms with Gasteiger partial charge in [-0.15, -0.1) is 0 Å². The van der Waals surface area contributed by atoms with Crippen LogP contribution in [0, 0.1) is 0 Å². The van der Waals surface area contributed by atoms with E-state index in [-0.39, 0.29) is 22.4 Å². The number of hydrogen-bond donors (Lipinski definition) is 0. The summed E-state index contributed by atoms with van der Waals surface area (Å²) >= 11 is 10.8. The van der Waals surface area contributed by atoms with Crippen LogP contribution >= 0.6 is 23.2 Å². The topological polar surface area (TPSA) is 109 Å². The minimum Gasteiger partial charge on any atom is -0.423 e. The van der Waals surface area contributed by atoms with Gasteiger partial charge in [0.1, 0.15) is 5.75 Å². The number of rotatable bonds is 5. The second-order valence-electron chi connectivity index (χ2n) is 4.42. The van der Waals surface area contributed by atoms with Crippen molar-refractivity contribution in [3.05, 3.63) is 69.6 Å². The molecule has 2 rings (SSSR count). The molecular formula is C15H7Cl2N3O4. The first kappa shape index (κ1) is 17.5. The number of halogens is 2. The fraction of sp³-hybridized carbons (Fsp3) is 0. The normalized spacial score (nSPS) is 9.75. The third-order valence-corrected chi connectivity index (χ3v) is 3.27. The molecule has 0 aliphatic heterocycles. The highest BCUT2D eigenvalue weighted by Gasteiger charge is 2.14. The Kier molecular flexibility index (Phi) is 5.55. The lowest BCUT2D eigenvalue weighted by atomic mass is 10.1. The fourth-order valence-corrected chi connectivity index (χ4v) is 1.98. The highest BCUT2D eigenvalue weighted by Crippen LogP contribution is 2.22. The van der Waals surface area contributed by atoms with Gasteiger partial charge in [-0.25, -0.2) is 4.79 Å². The van der Waals surface area contributed by atoms with Crippen molar-refractivity contribution in [1.82, 2.24) is 0 Å². The predicted molar refractivity (Wildman–Crippen MR) is 87.0 cm³/mol. The van der Waals surface area contributed by atoms with Crippen molar-refractivity contribution < 1.29 is 19.1 Å². The Bertz CT molecular complexity index is 843. The molecule has 120 valence electrons. The molecule has 7 nitrogen and oxygen atoms in total. The van der Waals surface area contributed by atoms with Crippen molar-refractivity contribution in [3.63, 3.8) is 0 Å². The van der Waals surface area contributed by atoms with Gasteiger partial charge in [-0.2, -0.15) is 0 Å². The molecule has 9 heteroatoms.